The van der Waals surface area contributed by atoms with Crippen molar-refractivity contribution >= 4 is 27.8 Å². The second-order valence-electron chi connectivity index (χ2n) is 6.16. The van der Waals surface area contributed by atoms with Crippen molar-refractivity contribution in [2.45, 2.75) is 19.3 Å². The maximum absolute atomic E-state index is 12.1. The molecule has 0 saturated heterocycles. The summed E-state index contributed by atoms with van der Waals surface area (Å²) in [5.41, 5.74) is 4.29. The molecule has 0 fully saturated rings. The van der Waals surface area contributed by atoms with Crippen molar-refractivity contribution in [3.63, 3.8) is 0 Å². The summed E-state index contributed by atoms with van der Waals surface area (Å²) < 4.78 is 0. The zero-order chi connectivity index (χ0) is 17.1. The standard InChI is InChI=1S/C20H20N4O/c25-20(10-9-14-13-22-16-6-2-1-5-15(14)16)21-12-11-19-23-17-7-3-4-8-18(17)24-19/h1-8,13,22H,9-12H2,(H,21,25)(H,23,24). The lowest BCUT2D eigenvalue weighted by Gasteiger charge is -2.04. The first-order valence-electron chi connectivity index (χ1n) is 8.55. The maximum Gasteiger partial charge on any atom is 0.220 e. The Hall–Kier alpha value is -3.08. The highest BCUT2D eigenvalue weighted by molar-refractivity contribution is 5.84. The molecule has 5 nitrogen and oxygen atoms in total. The number of aromatic nitrogens is 3. The number of nitrogens with one attached hydrogen (secondary N) is 3. The molecule has 25 heavy (non-hydrogen) atoms. The number of carbonyl (C=O) groups excluding carboxylic acids is 1. The number of H-pyrrole nitrogens is 2. The highest BCUT2D eigenvalue weighted by Crippen LogP contribution is 2.18. The van der Waals surface area contributed by atoms with Crippen LogP contribution in [0.4, 0.5) is 0 Å². The van der Waals surface area contributed by atoms with Gasteiger partial charge in [-0.05, 0) is 30.2 Å². The molecule has 126 valence electrons. The van der Waals surface area contributed by atoms with E-state index >= 15 is 0 Å². The zero-order valence-electron chi connectivity index (χ0n) is 13.9. The molecule has 1 amide bonds. The SMILES string of the molecule is O=C(CCc1c[nH]c2ccccc12)NCCc1nc2ccccc2[nH]1. The fraction of sp³-hybridized carbons (Fsp3) is 0.200. The molecule has 0 spiro atoms. The third kappa shape index (κ3) is 3.40. The van der Waals surface area contributed by atoms with Crippen molar-refractivity contribution in [3.8, 4) is 0 Å². The fourth-order valence-corrected chi connectivity index (χ4v) is 3.12. The number of fused-ring (bicyclic) bond motifs is 2. The first-order chi connectivity index (χ1) is 12.3. The van der Waals surface area contributed by atoms with Gasteiger partial charge in [-0.25, -0.2) is 4.98 Å². The van der Waals surface area contributed by atoms with E-state index in [4.69, 9.17) is 0 Å². The van der Waals surface area contributed by atoms with E-state index in [0.29, 0.717) is 19.4 Å². The Morgan fingerprint density at radius 3 is 2.68 bits per heavy atom. The van der Waals surface area contributed by atoms with Gasteiger partial charge in [0.15, 0.2) is 0 Å². The molecule has 0 bridgehead atoms. The Morgan fingerprint density at radius 1 is 1.00 bits per heavy atom. The minimum atomic E-state index is 0.0707. The average Bonchev–Trinajstić information content (AvgIpc) is 3.23. The summed E-state index contributed by atoms with van der Waals surface area (Å²) in [6.45, 7) is 0.590. The van der Waals surface area contributed by atoms with Gasteiger partial charge in [0.05, 0.1) is 11.0 Å². The minimum absolute atomic E-state index is 0.0707. The van der Waals surface area contributed by atoms with Crippen molar-refractivity contribution in [3.05, 3.63) is 66.1 Å². The summed E-state index contributed by atoms with van der Waals surface area (Å²) in [4.78, 5) is 23.1. The Labute approximate surface area is 145 Å². The summed E-state index contributed by atoms with van der Waals surface area (Å²) in [6.07, 6.45) is 3.92. The summed E-state index contributed by atoms with van der Waals surface area (Å²) in [6, 6.07) is 16.1. The molecule has 0 aliphatic carbocycles. The van der Waals surface area contributed by atoms with Gasteiger partial charge in [0.2, 0.25) is 5.91 Å². The van der Waals surface area contributed by atoms with Gasteiger partial charge in [0.25, 0.3) is 0 Å². The van der Waals surface area contributed by atoms with Gasteiger partial charge < -0.3 is 15.3 Å². The average molecular weight is 332 g/mol. The molecule has 0 unspecified atom stereocenters. The number of imidazole rings is 1. The molecular formula is C20H20N4O. The number of benzene rings is 2. The molecular weight excluding hydrogens is 312 g/mol. The zero-order valence-corrected chi connectivity index (χ0v) is 13.9. The van der Waals surface area contributed by atoms with Crippen LogP contribution in [0.1, 0.15) is 17.8 Å². The molecule has 0 saturated carbocycles. The number of para-hydroxylation sites is 3. The van der Waals surface area contributed by atoms with E-state index in [1.165, 1.54) is 10.9 Å². The van der Waals surface area contributed by atoms with Crippen LogP contribution in [0.25, 0.3) is 21.9 Å². The van der Waals surface area contributed by atoms with Crippen LogP contribution in [0.3, 0.4) is 0 Å². The van der Waals surface area contributed by atoms with Crippen molar-refractivity contribution in [1.29, 1.82) is 0 Å². The van der Waals surface area contributed by atoms with Gasteiger partial charge in [-0.15, -0.1) is 0 Å². The number of hydrogen-bond donors (Lipinski definition) is 3. The first-order valence-corrected chi connectivity index (χ1v) is 8.55. The summed E-state index contributed by atoms with van der Waals surface area (Å²) in [7, 11) is 0. The Morgan fingerprint density at radius 2 is 1.80 bits per heavy atom. The molecule has 4 aromatic rings. The fourth-order valence-electron chi connectivity index (χ4n) is 3.12. The lowest BCUT2D eigenvalue weighted by Crippen LogP contribution is -2.26. The van der Waals surface area contributed by atoms with Crippen molar-refractivity contribution in [1.82, 2.24) is 20.3 Å². The van der Waals surface area contributed by atoms with Gasteiger partial charge in [0.1, 0.15) is 5.82 Å². The van der Waals surface area contributed by atoms with Crippen LogP contribution in [0.2, 0.25) is 0 Å². The van der Waals surface area contributed by atoms with E-state index < -0.39 is 0 Å². The lowest BCUT2D eigenvalue weighted by atomic mass is 10.1. The number of nitrogens with zero attached hydrogens (tertiary/aromatic N) is 1. The number of amides is 1. The van der Waals surface area contributed by atoms with E-state index in [0.717, 1.165) is 28.8 Å². The van der Waals surface area contributed by atoms with E-state index in [9.17, 15) is 4.79 Å². The van der Waals surface area contributed by atoms with Crippen LogP contribution in [-0.2, 0) is 17.6 Å². The number of hydrogen-bond acceptors (Lipinski definition) is 2. The predicted molar refractivity (Wildman–Crippen MR) is 99.4 cm³/mol. The largest absolute Gasteiger partial charge is 0.361 e. The van der Waals surface area contributed by atoms with E-state index in [2.05, 4.69) is 26.3 Å². The van der Waals surface area contributed by atoms with Crippen molar-refractivity contribution in [2.75, 3.05) is 6.54 Å². The van der Waals surface area contributed by atoms with Crippen molar-refractivity contribution in [2.24, 2.45) is 0 Å². The molecule has 2 heterocycles. The van der Waals surface area contributed by atoms with Gasteiger partial charge in [-0.2, -0.15) is 0 Å². The Bertz CT molecular complexity index is 982. The van der Waals surface area contributed by atoms with Crippen LogP contribution in [0.15, 0.2) is 54.7 Å². The highest BCUT2D eigenvalue weighted by Gasteiger charge is 2.07. The maximum atomic E-state index is 12.1. The lowest BCUT2D eigenvalue weighted by molar-refractivity contribution is -0.121. The normalized spacial score (nSPS) is 11.2. The molecule has 0 atom stereocenters. The van der Waals surface area contributed by atoms with Crippen molar-refractivity contribution < 1.29 is 4.79 Å². The second-order valence-corrected chi connectivity index (χ2v) is 6.16. The topological polar surface area (TPSA) is 73.6 Å². The molecule has 5 heteroatoms. The third-order valence-corrected chi connectivity index (χ3v) is 4.42. The van der Waals surface area contributed by atoms with Crippen LogP contribution in [-0.4, -0.2) is 27.4 Å². The summed E-state index contributed by atoms with van der Waals surface area (Å²) >= 11 is 0. The first kappa shape index (κ1) is 15.4. The number of rotatable bonds is 6. The Kier molecular flexibility index (Phi) is 4.21. The molecule has 2 aromatic carbocycles. The van der Waals surface area contributed by atoms with Gasteiger partial charge in [-0.3, -0.25) is 4.79 Å². The van der Waals surface area contributed by atoms with E-state index in [1.807, 2.05) is 48.7 Å². The van der Waals surface area contributed by atoms with Gasteiger partial charge >= 0.3 is 0 Å². The van der Waals surface area contributed by atoms with Crippen LogP contribution >= 0.6 is 0 Å². The molecule has 0 aliphatic rings. The molecule has 2 aromatic heterocycles. The summed E-state index contributed by atoms with van der Waals surface area (Å²) in [5, 5.41) is 4.17. The minimum Gasteiger partial charge on any atom is -0.361 e. The van der Waals surface area contributed by atoms with Crippen LogP contribution in [0, 0.1) is 0 Å². The number of aromatic amines is 2. The molecule has 0 radical (unpaired) electrons. The second kappa shape index (κ2) is 6.81. The third-order valence-electron chi connectivity index (χ3n) is 4.42. The van der Waals surface area contributed by atoms with Gasteiger partial charge in [-0.1, -0.05) is 30.3 Å². The molecule has 3 N–H and O–H groups in total. The van der Waals surface area contributed by atoms with Crippen LogP contribution in [0.5, 0.6) is 0 Å². The predicted octanol–water partition coefficient (Wildman–Crippen LogP) is 3.34. The number of aryl methyl sites for hydroxylation is 1. The Balaban J connectivity index is 1.27. The smallest absolute Gasteiger partial charge is 0.220 e. The quantitative estimate of drug-likeness (QED) is 0.507. The van der Waals surface area contributed by atoms with E-state index in [1.54, 1.807) is 0 Å². The van der Waals surface area contributed by atoms with Gasteiger partial charge in [0, 0.05) is 36.5 Å². The van der Waals surface area contributed by atoms with E-state index in [-0.39, 0.29) is 5.91 Å². The molecule has 0 aliphatic heterocycles. The summed E-state index contributed by atoms with van der Waals surface area (Å²) in [5.74, 6) is 0.972. The monoisotopic (exact) mass is 332 g/mol. The molecule has 4 rings (SSSR count). The number of carbonyl (C=O) groups is 1. The van der Waals surface area contributed by atoms with Crippen LogP contribution < -0.4 is 5.32 Å². The highest BCUT2D eigenvalue weighted by atomic mass is 16.1.